The first kappa shape index (κ1) is 15.8. The van der Waals surface area contributed by atoms with Crippen molar-refractivity contribution < 1.29 is 4.79 Å². The lowest BCUT2D eigenvalue weighted by Gasteiger charge is -2.02. The summed E-state index contributed by atoms with van der Waals surface area (Å²) in [5.74, 6) is 0.325. The second kappa shape index (κ2) is 7.07. The largest absolute Gasteiger partial charge is 0.306 e. The average molecular weight is 339 g/mol. The van der Waals surface area contributed by atoms with Gasteiger partial charge in [0.2, 0.25) is 5.91 Å². The molecular weight excluding hydrogens is 322 g/mol. The van der Waals surface area contributed by atoms with Gasteiger partial charge in [0.05, 0.1) is 6.20 Å². The summed E-state index contributed by atoms with van der Waals surface area (Å²) in [6, 6.07) is 24.0. The summed E-state index contributed by atoms with van der Waals surface area (Å²) in [5, 5.41) is 2.78. The third-order valence-electron chi connectivity index (χ3n) is 4.06. The Kier molecular flexibility index (Phi) is 4.31. The monoisotopic (exact) mass is 339 g/mol. The van der Waals surface area contributed by atoms with Crippen molar-refractivity contribution in [1.29, 1.82) is 0 Å². The second-order valence-electron chi connectivity index (χ2n) is 5.90. The van der Waals surface area contributed by atoms with E-state index in [9.17, 15) is 4.79 Å². The molecule has 0 fully saturated rings. The van der Waals surface area contributed by atoms with Gasteiger partial charge in [0.1, 0.15) is 5.65 Å². The van der Waals surface area contributed by atoms with Crippen LogP contribution in [-0.4, -0.2) is 15.3 Å². The van der Waals surface area contributed by atoms with E-state index in [4.69, 9.17) is 0 Å². The second-order valence-corrected chi connectivity index (χ2v) is 5.90. The zero-order valence-corrected chi connectivity index (χ0v) is 14.0. The summed E-state index contributed by atoms with van der Waals surface area (Å²) in [6.45, 7) is 0. The van der Waals surface area contributed by atoms with Crippen LogP contribution in [0.1, 0.15) is 5.56 Å². The van der Waals surface area contributed by atoms with Crippen LogP contribution in [0.5, 0.6) is 0 Å². The molecule has 0 atom stereocenters. The van der Waals surface area contributed by atoms with Gasteiger partial charge < -0.3 is 9.72 Å². The number of pyridine rings is 1. The molecule has 0 aliphatic heterocycles. The van der Waals surface area contributed by atoms with Crippen molar-refractivity contribution in [3.8, 4) is 11.1 Å². The molecule has 4 aromatic rings. The minimum atomic E-state index is -0.208. The van der Waals surface area contributed by atoms with Crippen molar-refractivity contribution in [2.45, 2.75) is 0 Å². The van der Waals surface area contributed by atoms with Gasteiger partial charge in [0.15, 0.2) is 5.82 Å². The Labute approximate surface area is 151 Å². The molecule has 1 amide bonds. The molecule has 0 aliphatic carbocycles. The Bertz CT molecular complexity index is 1030. The lowest BCUT2D eigenvalue weighted by Crippen LogP contribution is -2.07. The third kappa shape index (κ3) is 3.54. The Balaban J connectivity index is 1.43. The van der Waals surface area contributed by atoms with Crippen molar-refractivity contribution in [3.63, 3.8) is 0 Å². The quantitative estimate of drug-likeness (QED) is 0.550. The zero-order chi connectivity index (χ0) is 17.8. The van der Waals surface area contributed by atoms with Gasteiger partial charge in [0, 0.05) is 12.3 Å². The van der Waals surface area contributed by atoms with Crippen LogP contribution < -0.4 is 5.32 Å². The van der Waals surface area contributed by atoms with Gasteiger partial charge in [-0.3, -0.25) is 4.79 Å². The molecule has 0 saturated heterocycles. The fraction of sp³-hybridized carbons (Fsp3) is 0. The van der Waals surface area contributed by atoms with Crippen LogP contribution in [0.2, 0.25) is 0 Å². The normalized spacial score (nSPS) is 11.1. The number of anilines is 1. The first-order chi connectivity index (χ1) is 12.8. The summed E-state index contributed by atoms with van der Waals surface area (Å²) in [5.41, 5.74) is 4.09. The van der Waals surface area contributed by atoms with Crippen molar-refractivity contribution in [2.75, 3.05) is 5.32 Å². The van der Waals surface area contributed by atoms with E-state index in [1.165, 1.54) is 11.6 Å². The van der Waals surface area contributed by atoms with E-state index in [1.54, 1.807) is 12.3 Å². The molecular formula is C22H17N3O. The fourth-order valence-electron chi connectivity index (χ4n) is 2.75. The SMILES string of the molecule is O=C(/C=C/c1ccc(-c2ccccc2)cc1)Nc1cn2ccccc2n1. The lowest BCUT2D eigenvalue weighted by atomic mass is 10.0. The molecule has 4 heteroatoms. The fourth-order valence-corrected chi connectivity index (χ4v) is 2.75. The van der Waals surface area contributed by atoms with Crippen LogP contribution in [0.3, 0.4) is 0 Å². The Morgan fingerprint density at radius 2 is 1.62 bits per heavy atom. The van der Waals surface area contributed by atoms with E-state index < -0.39 is 0 Å². The molecule has 0 spiro atoms. The summed E-state index contributed by atoms with van der Waals surface area (Å²) < 4.78 is 1.86. The molecule has 4 nitrogen and oxygen atoms in total. The molecule has 0 saturated carbocycles. The number of aromatic nitrogens is 2. The highest BCUT2D eigenvalue weighted by molar-refractivity contribution is 6.01. The van der Waals surface area contributed by atoms with Gasteiger partial charge >= 0.3 is 0 Å². The van der Waals surface area contributed by atoms with Gasteiger partial charge in [-0.25, -0.2) is 4.98 Å². The highest BCUT2D eigenvalue weighted by Gasteiger charge is 2.03. The standard InChI is InChI=1S/C22H17N3O/c26-22(24-20-16-25-15-5-4-8-21(25)23-20)14-11-17-9-12-19(13-10-17)18-6-2-1-3-7-18/h1-16H,(H,24,26)/b14-11+. The molecule has 0 unspecified atom stereocenters. The highest BCUT2D eigenvalue weighted by Crippen LogP contribution is 2.19. The molecule has 0 radical (unpaired) electrons. The van der Waals surface area contributed by atoms with Gasteiger partial charge in [0.25, 0.3) is 0 Å². The Morgan fingerprint density at radius 3 is 2.38 bits per heavy atom. The molecule has 0 bridgehead atoms. The van der Waals surface area contributed by atoms with E-state index in [0.29, 0.717) is 5.82 Å². The zero-order valence-electron chi connectivity index (χ0n) is 14.0. The Morgan fingerprint density at radius 1 is 0.885 bits per heavy atom. The van der Waals surface area contributed by atoms with Crippen LogP contribution in [-0.2, 0) is 4.79 Å². The molecule has 2 aromatic carbocycles. The first-order valence-corrected chi connectivity index (χ1v) is 8.36. The van der Waals surface area contributed by atoms with Crippen LogP contribution in [0.4, 0.5) is 5.82 Å². The number of hydrogen-bond acceptors (Lipinski definition) is 2. The maximum absolute atomic E-state index is 12.1. The molecule has 0 aliphatic rings. The van der Waals surface area contributed by atoms with Gasteiger partial charge in [-0.05, 0) is 34.9 Å². The summed E-state index contributed by atoms with van der Waals surface area (Å²) in [6.07, 6.45) is 6.99. The maximum Gasteiger partial charge on any atom is 0.249 e. The molecule has 4 rings (SSSR count). The molecule has 1 N–H and O–H groups in total. The predicted molar refractivity (Wildman–Crippen MR) is 105 cm³/mol. The van der Waals surface area contributed by atoms with Crippen LogP contribution in [0.15, 0.2) is 91.3 Å². The number of carbonyl (C=O) groups excluding carboxylic acids is 1. The predicted octanol–water partition coefficient (Wildman–Crippen LogP) is 4.65. The number of benzene rings is 2. The molecule has 26 heavy (non-hydrogen) atoms. The van der Waals surface area contributed by atoms with E-state index in [1.807, 2.05) is 59.1 Å². The summed E-state index contributed by atoms with van der Waals surface area (Å²) >= 11 is 0. The number of nitrogens with one attached hydrogen (secondary N) is 1. The maximum atomic E-state index is 12.1. The van der Waals surface area contributed by atoms with E-state index in [-0.39, 0.29) is 5.91 Å². The number of hydrogen-bond donors (Lipinski definition) is 1. The third-order valence-corrected chi connectivity index (χ3v) is 4.06. The van der Waals surface area contributed by atoms with E-state index in [2.05, 4.69) is 34.6 Å². The number of amides is 1. The van der Waals surface area contributed by atoms with Gasteiger partial charge in [-0.1, -0.05) is 60.7 Å². The topological polar surface area (TPSA) is 46.4 Å². The van der Waals surface area contributed by atoms with Crippen LogP contribution in [0.25, 0.3) is 22.9 Å². The molecule has 2 heterocycles. The number of fused-ring (bicyclic) bond motifs is 1. The van der Waals surface area contributed by atoms with Crippen molar-refractivity contribution in [3.05, 3.63) is 96.8 Å². The lowest BCUT2D eigenvalue weighted by molar-refractivity contribution is -0.111. The minimum Gasteiger partial charge on any atom is -0.306 e. The number of nitrogens with zero attached hydrogens (tertiary/aromatic N) is 2. The van der Waals surface area contributed by atoms with Gasteiger partial charge in [-0.2, -0.15) is 0 Å². The minimum absolute atomic E-state index is 0.208. The summed E-state index contributed by atoms with van der Waals surface area (Å²) in [4.78, 5) is 16.5. The highest BCUT2D eigenvalue weighted by atomic mass is 16.1. The van der Waals surface area contributed by atoms with Crippen LogP contribution >= 0.6 is 0 Å². The smallest absolute Gasteiger partial charge is 0.249 e. The number of carbonyl (C=O) groups is 1. The Hall–Kier alpha value is -3.66. The van der Waals surface area contributed by atoms with Crippen molar-refractivity contribution in [1.82, 2.24) is 9.38 Å². The van der Waals surface area contributed by atoms with Crippen LogP contribution in [0, 0.1) is 0 Å². The van der Waals surface area contributed by atoms with E-state index in [0.717, 1.165) is 16.8 Å². The average Bonchev–Trinajstić information content (AvgIpc) is 3.09. The molecule has 126 valence electrons. The summed E-state index contributed by atoms with van der Waals surface area (Å²) in [7, 11) is 0. The van der Waals surface area contributed by atoms with Crippen molar-refractivity contribution >= 4 is 23.4 Å². The van der Waals surface area contributed by atoms with Crippen molar-refractivity contribution in [2.24, 2.45) is 0 Å². The first-order valence-electron chi connectivity index (χ1n) is 8.36. The number of rotatable bonds is 4. The molecule has 2 aromatic heterocycles. The number of imidazole rings is 1. The van der Waals surface area contributed by atoms with Gasteiger partial charge in [-0.15, -0.1) is 0 Å². The van der Waals surface area contributed by atoms with E-state index >= 15 is 0 Å².